The van der Waals surface area contributed by atoms with Gasteiger partial charge in [0.2, 0.25) is 4.96 Å². The van der Waals surface area contributed by atoms with Crippen LogP contribution in [0.3, 0.4) is 0 Å². The van der Waals surface area contributed by atoms with Crippen molar-refractivity contribution in [3.63, 3.8) is 0 Å². The number of imidazole rings is 1. The molecule has 0 spiro atoms. The van der Waals surface area contributed by atoms with E-state index in [0.29, 0.717) is 25.4 Å². The maximum Gasteiger partial charge on any atom is 0.307 e. The Balaban J connectivity index is 2.00. The third-order valence-corrected chi connectivity index (χ3v) is 4.21. The third-order valence-electron chi connectivity index (χ3n) is 3.39. The molecular weight excluding hydrogens is 288 g/mol. The van der Waals surface area contributed by atoms with Crippen molar-refractivity contribution in [2.24, 2.45) is 11.8 Å². The molecule has 0 saturated carbocycles. The molecule has 6 nitrogen and oxygen atoms in total. The number of hydrogen-bond donors (Lipinski definition) is 2. The Bertz CT molecular complexity index is 632. The van der Waals surface area contributed by atoms with Crippen molar-refractivity contribution in [2.45, 2.75) is 40.7 Å². The van der Waals surface area contributed by atoms with Crippen molar-refractivity contribution in [1.29, 1.82) is 0 Å². The molecule has 1 unspecified atom stereocenters. The molecule has 2 heterocycles. The Morgan fingerprint density at radius 2 is 2.14 bits per heavy atom. The Hall–Kier alpha value is -1.47. The molecule has 2 aromatic heterocycles. The zero-order valence-corrected chi connectivity index (χ0v) is 13.7. The van der Waals surface area contributed by atoms with Crippen LogP contribution >= 0.6 is 11.3 Å². The molecule has 0 aliphatic rings. The standard InChI is InChI=1S/C14H22N4O2S/c1-8(2)5-11(13(19)20)6-15-7-12-9(3)16-14-18(12)17-10(4)21-14/h8,11,15H,5-7H2,1-4H3,(H,19,20). The van der Waals surface area contributed by atoms with E-state index in [1.165, 1.54) is 0 Å². The summed E-state index contributed by atoms with van der Waals surface area (Å²) < 4.78 is 1.85. The summed E-state index contributed by atoms with van der Waals surface area (Å²) in [4.78, 5) is 16.6. The summed E-state index contributed by atoms with van der Waals surface area (Å²) >= 11 is 1.56. The molecule has 0 saturated heterocycles. The molecule has 116 valence electrons. The fourth-order valence-corrected chi connectivity index (χ4v) is 3.20. The van der Waals surface area contributed by atoms with Crippen molar-refractivity contribution >= 4 is 22.3 Å². The van der Waals surface area contributed by atoms with Gasteiger partial charge in [0.1, 0.15) is 5.01 Å². The Labute approximate surface area is 128 Å². The summed E-state index contributed by atoms with van der Waals surface area (Å²) in [7, 11) is 0. The minimum atomic E-state index is -0.740. The predicted molar refractivity (Wildman–Crippen MR) is 82.6 cm³/mol. The molecule has 7 heteroatoms. The van der Waals surface area contributed by atoms with Crippen molar-refractivity contribution < 1.29 is 9.90 Å². The van der Waals surface area contributed by atoms with Crippen LogP contribution in [0.15, 0.2) is 0 Å². The van der Waals surface area contributed by atoms with Gasteiger partial charge in [0.25, 0.3) is 0 Å². The molecule has 0 radical (unpaired) electrons. The SMILES string of the molecule is Cc1nn2c(CNCC(CC(C)C)C(=O)O)c(C)nc2s1. The maximum absolute atomic E-state index is 11.2. The Morgan fingerprint density at radius 3 is 2.76 bits per heavy atom. The number of rotatable bonds is 7. The fourth-order valence-electron chi connectivity index (χ4n) is 2.39. The maximum atomic E-state index is 11.2. The number of nitrogens with zero attached hydrogens (tertiary/aromatic N) is 3. The highest BCUT2D eigenvalue weighted by molar-refractivity contribution is 7.16. The summed E-state index contributed by atoms with van der Waals surface area (Å²) in [5.41, 5.74) is 1.94. The van der Waals surface area contributed by atoms with Crippen LogP contribution < -0.4 is 5.32 Å². The van der Waals surface area contributed by atoms with E-state index in [2.05, 4.69) is 15.4 Å². The predicted octanol–water partition coefficient (Wildman–Crippen LogP) is 2.24. The molecule has 2 rings (SSSR count). The molecule has 2 N–H and O–H groups in total. The highest BCUT2D eigenvalue weighted by Gasteiger charge is 2.19. The van der Waals surface area contributed by atoms with Gasteiger partial charge in [0.15, 0.2) is 0 Å². The number of aryl methyl sites for hydroxylation is 2. The Morgan fingerprint density at radius 1 is 1.43 bits per heavy atom. The van der Waals surface area contributed by atoms with E-state index in [0.717, 1.165) is 21.4 Å². The van der Waals surface area contributed by atoms with Gasteiger partial charge in [-0.05, 0) is 26.2 Å². The number of fused-ring (bicyclic) bond motifs is 1. The minimum Gasteiger partial charge on any atom is -0.481 e. The summed E-state index contributed by atoms with van der Waals surface area (Å²) in [6, 6.07) is 0. The van der Waals surface area contributed by atoms with Crippen LogP contribution in [0.4, 0.5) is 0 Å². The van der Waals surface area contributed by atoms with Gasteiger partial charge in [-0.3, -0.25) is 4.79 Å². The second-order valence-corrected chi connectivity index (χ2v) is 6.92. The van der Waals surface area contributed by atoms with Gasteiger partial charge in [-0.25, -0.2) is 9.50 Å². The number of carboxylic acids is 1. The first-order valence-corrected chi connectivity index (χ1v) is 7.95. The van der Waals surface area contributed by atoms with Crippen LogP contribution in [-0.4, -0.2) is 32.2 Å². The molecule has 0 aromatic carbocycles. The third kappa shape index (κ3) is 3.79. The van der Waals surface area contributed by atoms with E-state index in [9.17, 15) is 9.90 Å². The molecule has 0 bridgehead atoms. The molecule has 0 fully saturated rings. The minimum absolute atomic E-state index is 0.356. The highest BCUT2D eigenvalue weighted by Crippen LogP contribution is 2.18. The van der Waals surface area contributed by atoms with Crippen LogP contribution in [-0.2, 0) is 11.3 Å². The van der Waals surface area contributed by atoms with Crippen LogP contribution in [0.2, 0.25) is 0 Å². The lowest BCUT2D eigenvalue weighted by atomic mass is 9.97. The van der Waals surface area contributed by atoms with Gasteiger partial charge < -0.3 is 10.4 Å². The van der Waals surface area contributed by atoms with Gasteiger partial charge >= 0.3 is 5.97 Å². The molecule has 0 aliphatic heterocycles. The first-order chi connectivity index (χ1) is 9.88. The topological polar surface area (TPSA) is 79.5 Å². The lowest BCUT2D eigenvalue weighted by Crippen LogP contribution is -2.29. The molecular formula is C14H22N4O2S. The van der Waals surface area contributed by atoms with E-state index in [1.807, 2.05) is 32.2 Å². The van der Waals surface area contributed by atoms with Gasteiger partial charge in [-0.1, -0.05) is 25.2 Å². The van der Waals surface area contributed by atoms with Gasteiger partial charge in [-0.15, -0.1) is 0 Å². The summed E-state index contributed by atoms with van der Waals surface area (Å²) in [6.07, 6.45) is 0.680. The van der Waals surface area contributed by atoms with Crippen LogP contribution in [0.1, 0.15) is 36.7 Å². The largest absolute Gasteiger partial charge is 0.481 e. The number of aromatic nitrogens is 3. The number of carboxylic acid groups (broad SMARTS) is 1. The molecule has 21 heavy (non-hydrogen) atoms. The molecule has 0 aliphatic carbocycles. The van der Waals surface area contributed by atoms with E-state index >= 15 is 0 Å². The zero-order valence-electron chi connectivity index (χ0n) is 12.9. The average Bonchev–Trinajstić information content (AvgIpc) is 2.84. The van der Waals surface area contributed by atoms with Crippen molar-refractivity contribution in [1.82, 2.24) is 19.9 Å². The average molecular weight is 310 g/mol. The number of aliphatic carboxylic acids is 1. The second kappa shape index (κ2) is 6.53. The lowest BCUT2D eigenvalue weighted by molar-refractivity contribution is -0.142. The van der Waals surface area contributed by atoms with Gasteiger partial charge in [0.05, 0.1) is 17.3 Å². The fraction of sp³-hybridized carbons (Fsp3) is 0.643. The number of carbonyl (C=O) groups is 1. The summed E-state index contributed by atoms with van der Waals surface area (Å²) in [6.45, 7) is 9.03. The van der Waals surface area contributed by atoms with Crippen LogP contribution in [0, 0.1) is 25.7 Å². The monoisotopic (exact) mass is 310 g/mol. The van der Waals surface area contributed by atoms with Crippen molar-refractivity contribution in [3.05, 3.63) is 16.4 Å². The van der Waals surface area contributed by atoms with Crippen LogP contribution in [0.5, 0.6) is 0 Å². The summed E-state index contributed by atoms with van der Waals surface area (Å²) in [5.74, 6) is -0.723. The van der Waals surface area contributed by atoms with Gasteiger partial charge in [-0.2, -0.15) is 5.10 Å². The second-order valence-electron chi connectivity index (χ2n) is 5.75. The smallest absolute Gasteiger partial charge is 0.307 e. The molecule has 1 atom stereocenters. The van der Waals surface area contributed by atoms with Crippen molar-refractivity contribution in [2.75, 3.05) is 6.54 Å². The van der Waals surface area contributed by atoms with Gasteiger partial charge in [0, 0.05) is 13.1 Å². The normalized spacial score (nSPS) is 13.2. The number of hydrogen-bond acceptors (Lipinski definition) is 5. The summed E-state index contributed by atoms with van der Waals surface area (Å²) in [5, 5.41) is 17.9. The number of nitrogens with one attached hydrogen (secondary N) is 1. The van der Waals surface area contributed by atoms with Crippen molar-refractivity contribution in [3.8, 4) is 0 Å². The molecule has 2 aromatic rings. The van der Waals surface area contributed by atoms with E-state index in [1.54, 1.807) is 11.3 Å². The zero-order chi connectivity index (χ0) is 15.6. The first-order valence-electron chi connectivity index (χ1n) is 7.13. The Kier molecular flexibility index (Phi) is 4.95. The lowest BCUT2D eigenvalue weighted by Gasteiger charge is -2.15. The highest BCUT2D eigenvalue weighted by atomic mass is 32.1. The first kappa shape index (κ1) is 15.9. The van der Waals surface area contributed by atoms with E-state index in [-0.39, 0.29) is 5.92 Å². The molecule has 0 amide bonds. The van der Waals surface area contributed by atoms with Crippen LogP contribution in [0.25, 0.3) is 4.96 Å². The quantitative estimate of drug-likeness (QED) is 0.820. The van der Waals surface area contributed by atoms with E-state index < -0.39 is 5.97 Å². The van der Waals surface area contributed by atoms with E-state index in [4.69, 9.17) is 0 Å².